The number of thiol groups is 1. The summed E-state index contributed by atoms with van der Waals surface area (Å²) in [6, 6.07) is 0. The Hall–Kier alpha value is -0.380. The fraction of sp³-hybridized carbons (Fsp3) is 0.800. The molecule has 0 radical (unpaired) electrons. The van der Waals surface area contributed by atoms with Gasteiger partial charge in [-0.05, 0) is 12.5 Å². The van der Waals surface area contributed by atoms with E-state index < -0.39 is 15.9 Å². The lowest BCUT2D eigenvalue weighted by Crippen LogP contribution is -2.14. The molecule has 56 valence electrons. The van der Waals surface area contributed by atoms with Gasteiger partial charge in [-0.3, -0.25) is 9.00 Å². The van der Waals surface area contributed by atoms with Gasteiger partial charge in [0, 0.05) is 5.75 Å². The highest BCUT2D eigenvalue weighted by atomic mass is 32.2. The van der Waals surface area contributed by atoms with Gasteiger partial charge in [0.2, 0.25) is 0 Å². The predicted octanol–water partition coefficient (Wildman–Crippen LogP) is -0.263. The van der Waals surface area contributed by atoms with Gasteiger partial charge in [-0.25, -0.2) is 0 Å². The molecule has 1 N–H and O–H groups in total. The Labute approximate surface area is 55.5 Å². The standard InChI is InChI=1S/C5H12O3S/c1-9(2,8)4-3-5(6)7/h9H,3-4H2,1-2H3,(H,6,7). The fourth-order valence-corrected chi connectivity index (χ4v) is 1.09. The van der Waals surface area contributed by atoms with Gasteiger partial charge in [-0.15, -0.1) is 9.93 Å². The first-order valence-corrected chi connectivity index (χ1v) is 5.46. The molecule has 0 aliphatic heterocycles. The van der Waals surface area contributed by atoms with Crippen LogP contribution in [-0.2, 0) is 14.7 Å². The van der Waals surface area contributed by atoms with Crippen molar-refractivity contribution in [2.75, 3.05) is 18.3 Å². The van der Waals surface area contributed by atoms with Crippen LogP contribution in [0.15, 0.2) is 0 Å². The van der Waals surface area contributed by atoms with Crippen molar-refractivity contribution in [1.82, 2.24) is 0 Å². The van der Waals surface area contributed by atoms with E-state index in [1.54, 1.807) is 12.5 Å². The molecule has 0 unspecified atom stereocenters. The molecule has 0 amide bonds. The number of hydrogen-bond acceptors (Lipinski definition) is 2. The van der Waals surface area contributed by atoms with Crippen molar-refractivity contribution in [3.8, 4) is 0 Å². The van der Waals surface area contributed by atoms with Crippen LogP contribution in [0.1, 0.15) is 6.42 Å². The summed E-state index contributed by atoms with van der Waals surface area (Å²) in [4.78, 5) is 9.92. The number of aliphatic carboxylic acids is 1. The van der Waals surface area contributed by atoms with Crippen molar-refractivity contribution in [2.45, 2.75) is 6.42 Å². The van der Waals surface area contributed by atoms with Crippen LogP contribution in [-0.4, -0.2) is 33.5 Å². The summed E-state index contributed by atoms with van der Waals surface area (Å²) in [5.74, 6) is -0.568. The summed E-state index contributed by atoms with van der Waals surface area (Å²) < 4.78 is 10.9. The monoisotopic (exact) mass is 152 g/mol. The number of hydrogen-bond donors (Lipinski definition) is 2. The molecule has 0 saturated heterocycles. The second-order valence-electron chi connectivity index (χ2n) is 2.44. The number of rotatable bonds is 3. The van der Waals surface area contributed by atoms with Gasteiger partial charge in [0.25, 0.3) is 0 Å². The lowest BCUT2D eigenvalue weighted by molar-refractivity contribution is -0.136. The molecule has 0 saturated carbocycles. The van der Waals surface area contributed by atoms with Crippen LogP contribution in [0, 0.1) is 0 Å². The molecule has 9 heavy (non-hydrogen) atoms. The smallest absolute Gasteiger partial charge is 0.304 e. The lowest BCUT2D eigenvalue weighted by atomic mass is 10.5. The van der Waals surface area contributed by atoms with Gasteiger partial charge in [0.05, 0.1) is 6.42 Å². The minimum Gasteiger partial charge on any atom is -0.481 e. The molecule has 0 aromatic rings. The first kappa shape index (κ1) is 8.62. The van der Waals surface area contributed by atoms with E-state index in [0.29, 0.717) is 5.75 Å². The molecule has 0 heterocycles. The Balaban J connectivity index is 3.53. The molecular weight excluding hydrogens is 140 g/mol. The van der Waals surface area contributed by atoms with Crippen molar-refractivity contribution in [2.24, 2.45) is 0 Å². The van der Waals surface area contributed by atoms with E-state index in [2.05, 4.69) is 0 Å². The minimum atomic E-state index is -2.10. The zero-order valence-corrected chi connectivity index (χ0v) is 6.52. The van der Waals surface area contributed by atoms with Gasteiger partial charge in [-0.2, -0.15) is 0 Å². The quantitative estimate of drug-likeness (QED) is 0.548. The van der Waals surface area contributed by atoms with Crippen molar-refractivity contribution >= 4 is 15.9 Å². The van der Waals surface area contributed by atoms with Gasteiger partial charge >= 0.3 is 5.97 Å². The normalized spacial score (nSPS) is 13.1. The molecule has 0 fully saturated rings. The number of carboxylic acid groups (broad SMARTS) is 1. The van der Waals surface area contributed by atoms with Gasteiger partial charge < -0.3 is 5.11 Å². The second-order valence-corrected chi connectivity index (χ2v) is 6.04. The molecule has 0 spiro atoms. The number of carbonyl (C=O) groups is 1. The van der Waals surface area contributed by atoms with Crippen LogP contribution in [0.25, 0.3) is 0 Å². The molecular formula is C5H12O3S. The first-order chi connectivity index (χ1) is 3.92. The molecule has 3 nitrogen and oxygen atoms in total. The molecule has 0 bridgehead atoms. The van der Waals surface area contributed by atoms with Crippen LogP contribution < -0.4 is 0 Å². The van der Waals surface area contributed by atoms with Gasteiger partial charge in [-0.1, -0.05) is 0 Å². The molecule has 0 aliphatic carbocycles. The Morgan fingerprint density at radius 3 is 2.11 bits per heavy atom. The third-order valence-electron chi connectivity index (χ3n) is 0.864. The molecule has 0 aliphatic rings. The summed E-state index contributed by atoms with van der Waals surface area (Å²) in [5, 5.41) is 8.16. The first-order valence-electron chi connectivity index (χ1n) is 2.67. The van der Waals surface area contributed by atoms with Crippen LogP contribution in [0.3, 0.4) is 0 Å². The molecule has 0 aromatic heterocycles. The van der Waals surface area contributed by atoms with E-state index in [4.69, 9.17) is 5.11 Å². The Kier molecular flexibility index (Phi) is 2.84. The molecule has 0 aromatic carbocycles. The minimum absolute atomic E-state index is 0.0181. The zero-order chi connectivity index (χ0) is 7.49. The van der Waals surface area contributed by atoms with E-state index in [-0.39, 0.29) is 6.42 Å². The van der Waals surface area contributed by atoms with E-state index in [1.807, 2.05) is 0 Å². The highest BCUT2D eigenvalue weighted by Crippen LogP contribution is 1.94. The summed E-state index contributed by atoms with van der Waals surface area (Å²) in [7, 11) is -2.10. The van der Waals surface area contributed by atoms with E-state index in [0.717, 1.165) is 0 Å². The fourth-order valence-electron chi connectivity index (χ4n) is 0.365. The topological polar surface area (TPSA) is 54.4 Å². The maximum absolute atomic E-state index is 10.9. The van der Waals surface area contributed by atoms with E-state index >= 15 is 0 Å². The lowest BCUT2D eigenvalue weighted by Gasteiger charge is -2.07. The van der Waals surface area contributed by atoms with E-state index in [9.17, 15) is 9.00 Å². The molecule has 0 atom stereocenters. The van der Waals surface area contributed by atoms with Crippen molar-refractivity contribution in [1.29, 1.82) is 0 Å². The summed E-state index contributed by atoms with van der Waals surface area (Å²) in [5.41, 5.74) is 0. The number of carboxylic acids is 1. The Bertz CT molecular complexity index is 146. The maximum Gasteiger partial charge on any atom is 0.304 e. The molecule has 4 heteroatoms. The Morgan fingerprint density at radius 2 is 2.00 bits per heavy atom. The summed E-state index contributed by atoms with van der Waals surface area (Å²) in [6.07, 6.45) is 3.20. The zero-order valence-electron chi connectivity index (χ0n) is 5.63. The Morgan fingerprint density at radius 1 is 1.56 bits per heavy atom. The largest absolute Gasteiger partial charge is 0.481 e. The average Bonchev–Trinajstić information content (AvgIpc) is 1.59. The SMILES string of the molecule is C[SH](C)(=O)CCC(=O)O. The van der Waals surface area contributed by atoms with Gasteiger partial charge in [0.1, 0.15) is 0 Å². The highest BCUT2D eigenvalue weighted by molar-refractivity contribution is 8.01. The third-order valence-corrected chi connectivity index (χ3v) is 2.16. The van der Waals surface area contributed by atoms with Crippen molar-refractivity contribution < 1.29 is 14.1 Å². The van der Waals surface area contributed by atoms with Crippen molar-refractivity contribution in [3.05, 3.63) is 0 Å². The van der Waals surface area contributed by atoms with Crippen LogP contribution >= 0.6 is 0 Å². The second kappa shape index (κ2) is 2.96. The maximum atomic E-state index is 10.9. The summed E-state index contributed by atoms with van der Waals surface area (Å²) >= 11 is 0. The molecule has 0 rings (SSSR count). The van der Waals surface area contributed by atoms with Crippen LogP contribution in [0.4, 0.5) is 0 Å². The highest BCUT2D eigenvalue weighted by Gasteiger charge is 2.03. The van der Waals surface area contributed by atoms with Crippen molar-refractivity contribution in [3.63, 3.8) is 0 Å². The van der Waals surface area contributed by atoms with E-state index in [1.165, 1.54) is 0 Å². The van der Waals surface area contributed by atoms with Crippen LogP contribution in [0.5, 0.6) is 0 Å². The summed E-state index contributed by atoms with van der Waals surface area (Å²) in [6.45, 7) is 0. The van der Waals surface area contributed by atoms with Gasteiger partial charge in [0.15, 0.2) is 0 Å². The predicted molar refractivity (Wildman–Crippen MR) is 38.5 cm³/mol. The third kappa shape index (κ3) is 7.62. The average molecular weight is 152 g/mol. The van der Waals surface area contributed by atoms with Crippen LogP contribution in [0.2, 0.25) is 0 Å².